The number of carbonyl (C=O) groups excluding carboxylic acids is 3. The lowest BCUT2D eigenvalue weighted by Gasteiger charge is -2.20. The molecule has 0 saturated carbocycles. The summed E-state index contributed by atoms with van der Waals surface area (Å²) in [7, 11) is 1.57. The quantitative estimate of drug-likeness (QED) is 0.826. The van der Waals surface area contributed by atoms with Crippen molar-refractivity contribution in [3.63, 3.8) is 0 Å². The van der Waals surface area contributed by atoms with Gasteiger partial charge in [-0.05, 0) is 55.3 Å². The zero-order chi connectivity index (χ0) is 21.3. The molecule has 1 atom stereocenters. The summed E-state index contributed by atoms with van der Waals surface area (Å²) in [5.41, 5.74) is 3.19. The molecule has 30 heavy (non-hydrogen) atoms. The Bertz CT molecular complexity index is 986. The molecule has 1 N–H and O–H groups in total. The Labute approximate surface area is 175 Å². The second-order valence-corrected chi connectivity index (χ2v) is 7.77. The van der Waals surface area contributed by atoms with Gasteiger partial charge in [-0.3, -0.25) is 14.4 Å². The Hall–Kier alpha value is -3.35. The van der Waals surface area contributed by atoms with Crippen molar-refractivity contribution in [3.8, 4) is 5.75 Å². The zero-order valence-electron chi connectivity index (χ0n) is 17.2. The number of carbonyl (C=O) groups is 3. The summed E-state index contributed by atoms with van der Waals surface area (Å²) >= 11 is 0. The number of hydrogen-bond acceptors (Lipinski definition) is 4. The molecule has 0 spiro atoms. The lowest BCUT2D eigenvalue weighted by molar-refractivity contribution is -0.122. The summed E-state index contributed by atoms with van der Waals surface area (Å²) in [6.07, 6.45) is 1.61. The van der Waals surface area contributed by atoms with Gasteiger partial charge >= 0.3 is 0 Å². The molecule has 1 unspecified atom stereocenters. The number of rotatable bonds is 5. The number of benzene rings is 2. The first kappa shape index (κ1) is 19.9. The molecule has 0 aromatic heterocycles. The van der Waals surface area contributed by atoms with Crippen LogP contribution in [0.3, 0.4) is 0 Å². The van der Waals surface area contributed by atoms with E-state index in [1.807, 2.05) is 37.3 Å². The Kier molecular flexibility index (Phi) is 5.44. The van der Waals surface area contributed by atoms with Crippen LogP contribution in [-0.2, 0) is 14.4 Å². The SMILES string of the molecule is COc1ccc(C)cc1N1CC(C(=O)Nc2ccc(N3CCCC3=O)cc2)CC1=O. The second kappa shape index (κ2) is 8.18. The molecule has 156 valence electrons. The van der Waals surface area contributed by atoms with Gasteiger partial charge in [-0.1, -0.05) is 6.07 Å². The lowest BCUT2D eigenvalue weighted by atomic mass is 10.1. The molecular weight excluding hydrogens is 382 g/mol. The highest BCUT2D eigenvalue weighted by Crippen LogP contribution is 2.34. The summed E-state index contributed by atoms with van der Waals surface area (Å²) in [4.78, 5) is 40.6. The van der Waals surface area contributed by atoms with Crippen LogP contribution in [0.1, 0.15) is 24.8 Å². The van der Waals surface area contributed by atoms with Crippen LogP contribution >= 0.6 is 0 Å². The van der Waals surface area contributed by atoms with Crippen molar-refractivity contribution in [1.82, 2.24) is 0 Å². The molecule has 2 aliphatic heterocycles. The summed E-state index contributed by atoms with van der Waals surface area (Å²) in [6.45, 7) is 2.99. The number of anilines is 3. The van der Waals surface area contributed by atoms with E-state index in [-0.39, 0.29) is 24.1 Å². The van der Waals surface area contributed by atoms with E-state index >= 15 is 0 Å². The fourth-order valence-electron chi connectivity index (χ4n) is 4.02. The predicted molar refractivity (Wildman–Crippen MR) is 115 cm³/mol. The van der Waals surface area contributed by atoms with Gasteiger partial charge in [0.1, 0.15) is 5.75 Å². The highest BCUT2D eigenvalue weighted by molar-refractivity contribution is 6.04. The highest BCUT2D eigenvalue weighted by Gasteiger charge is 2.36. The molecule has 7 heteroatoms. The molecule has 2 aromatic rings. The smallest absolute Gasteiger partial charge is 0.229 e. The number of nitrogens with zero attached hydrogens (tertiary/aromatic N) is 2. The Morgan fingerprint density at radius 3 is 2.50 bits per heavy atom. The third kappa shape index (κ3) is 3.87. The molecule has 2 saturated heterocycles. The highest BCUT2D eigenvalue weighted by atomic mass is 16.5. The van der Waals surface area contributed by atoms with Crippen LogP contribution in [0.2, 0.25) is 0 Å². The van der Waals surface area contributed by atoms with E-state index in [2.05, 4.69) is 5.32 Å². The van der Waals surface area contributed by atoms with Gasteiger partial charge in [0.25, 0.3) is 0 Å². The van der Waals surface area contributed by atoms with Crippen LogP contribution < -0.4 is 19.9 Å². The molecule has 0 aliphatic carbocycles. The Morgan fingerprint density at radius 1 is 1.07 bits per heavy atom. The molecule has 7 nitrogen and oxygen atoms in total. The van der Waals surface area contributed by atoms with E-state index in [4.69, 9.17) is 4.74 Å². The Balaban J connectivity index is 1.43. The molecule has 2 aromatic carbocycles. The van der Waals surface area contributed by atoms with Crippen LogP contribution in [0.5, 0.6) is 5.75 Å². The maximum Gasteiger partial charge on any atom is 0.229 e. The van der Waals surface area contributed by atoms with Crippen molar-refractivity contribution in [1.29, 1.82) is 0 Å². The molecule has 0 radical (unpaired) electrons. The average molecular weight is 407 g/mol. The maximum absolute atomic E-state index is 12.8. The predicted octanol–water partition coefficient (Wildman–Crippen LogP) is 3.12. The minimum atomic E-state index is -0.442. The summed E-state index contributed by atoms with van der Waals surface area (Å²) in [5, 5.41) is 2.89. The summed E-state index contributed by atoms with van der Waals surface area (Å²) in [6, 6.07) is 12.9. The summed E-state index contributed by atoms with van der Waals surface area (Å²) < 4.78 is 5.39. The number of amides is 3. The standard InChI is InChI=1S/C23H25N3O4/c1-15-5-10-20(30-2)19(12-15)26-14-16(13-22(26)28)23(29)24-17-6-8-18(9-7-17)25-11-3-4-21(25)27/h5-10,12,16H,3-4,11,13-14H2,1-2H3,(H,24,29). The van der Waals surface area contributed by atoms with E-state index in [0.717, 1.165) is 24.2 Å². The van der Waals surface area contributed by atoms with E-state index in [9.17, 15) is 14.4 Å². The fourth-order valence-corrected chi connectivity index (χ4v) is 4.02. The average Bonchev–Trinajstić information content (AvgIpc) is 3.34. The van der Waals surface area contributed by atoms with Crippen molar-refractivity contribution < 1.29 is 19.1 Å². The lowest BCUT2D eigenvalue weighted by Crippen LogP contribution is -2.28. The molecular formula is C23H25N3O4. The number of nitrogens with one attached hydrogen (secondary N) is 1. The van der Waals surface area contributed by atoms with Gasteiger partial charge in [0, 0.05) is 37.3 Å². The molecule has 2 heterocycles. The molecule has 4 rings (SSSR count). The minimum Gasteiger partial charge on any atom is -0.495 e. The zero-order valence-corrected chi connectivity index (χ0v) is 17.2. The van der Waals surface area contributed by atoms with E-state index < -0.39 is 5.92 Å². The van der Waals surface area contributed by atoms with E-state index in [0.29, 0.717) is 30.1 Å². The molecule has 3 amide bonds. The normalized spacial score (nSPS) is 18.8. The van der Waals surface area contributed by atoms with Crippen LogP contribution in [0.4, 0.5) is 17.1 Å². The first-order chi connectivity index (χ1) is 14.5. The number of aryl methyl sites for hydroxylation is 1. The van der Waals surface area contributed by atoms with Crippen molar-refractivity contribution >= 4 is 34.8 Å². The summed E-state index contributed by atoms with van der Waals surface area (Å²) in [5.74, 6) is 0.0111. The molecule has 2 fully saturated rings. The third-order valence-electron chi connectivity index (χ3n) is 5.64. The minimum absolute atomic E-state index is 0.0954. The van der Waals surface area contributed by atoms with Gasteiger partial charge in [0.15, 0.2) is 0 Å². The van der Waals surface area contributed by atoms with E-state index in [1.165, 1.54) is 0 Å². The van der Waals surface area contributed by atoms with Gasteiger partial charge in [-0.2, -0.15) is 0 Å². The van der Waals surface area contributed by atoms with Crippen molar-refractivity contribution in [2.75, 3.05) is 35.3 Å². The third-order valence-corrected chi connectivity index (χ3v) is 5.64. The monoisotopic (exact) mass is 407 g/mol. The van der Waals surface area contributed by atoms with Gasteiger partial charge in [-0.25, -0.2) is 0 Å². The second-order valence-electron chi connectivity index (χ2n) is 7.77. The van der Waals surface area contributed by atoms with Crippen molar-refractivity contribution in [3.05, 3.63) is 48.0 Å². The first-order valence-electron chi connectivity index (χ1n) is 10.1. The molecule has 0 bridgehead atoms. The van der Waals surface area contributed by atoms with Gasteiger partial charge in [0.05, 0.1) is 18.7 Å². The van der Waals surface area contributed by atoms with Crippen LogP contribution in [0.15, 0.2) is 42.5 Å². The van der Waals surface area contributed by atoms with Crippen LogP contribution in [0, 0.1) is 12.8 Å². The number of methoxy groups -OCH3 is 1. The van der Waals surface area contributed by atoms with Gasteiger partial charge in [0.2, 0.25) is 17.7 Å². The van der Waals surface area contributed by atoms with Gasteiger partial charge < -0.3 is 19.9 Å². The van der Waals surface area contributed by atoms with E-state index in [1.54, 1.807) is 29.0 Å². The van der Waals surface area contributed by atoms with Crippen molar-refractivity contribution in [2.24, 2.45) is 5.92 Å². The Morgan fingerprint density at radius 2 is 1.83 bits per heavy atom. The number of ether oxygens (including phenoxy) is 1. The van der Waals surface area contributed by atoms with Gasteiger partial charge in [-0.15, -0.1) is 0 Å². The largest absolute Gasteiger partial charge is 0.495 e. The fraction of sp³-hybridized carbons (Fsp3) is 0.348. The van der Waals surface area contributed by atoms with Crippen molar-refractivity contribution in [2.45, 2.75) is 26.2 Å². The maximum atomic E-state index is 12.8. The number of hydrogen-bond donors (Lipinski definition) is 1. The first-order valence-corrected chi connectivity index (χ1v) is 10.1. The van der Waals surface area contributed by atoms with Crippen LogP contribution in [-0.4, -0.2) is 37.9 Å². The van der Waals surface area contributed by atoms with Crippen LogP contribution in [0.25, 0.3) is 0 Å². The topological polar surface area (TPSA) is 79.0 Å². The molecule has 2 aliphatic rings.